The molecule has 0 saturated carbocycles. The lowest BCUT2D eigenvalue weighted by Gasteiger charge is -2.12. The molecule has 0 fully saturated rings. The quantitative estimate of drug-likeness (QED) is 0.915. The summed E-state index contributed by atoms with van der Waals surface area (Å²) in [5.41, 5.74) is 4.54. The van der Waals surface area contributed by atoms with Crippen LogP contribution in [-0.2, 0) is 17.6 Å². The smallest absolute Gasteiger partial charge is 0.228 e. The van der Waals surface area contributed by atoms with Crippen LogP contribution in [0, 0.1) is 24.2 Å². The van der Waals surface area contributed by atoms with Gasteiger partial charge in [0.1, 0.15) is 6.07 Å². The van der Waals surface area contributed by atoms with Gasteiger partial charge in [-0.2, -0.15) is 5.26 Å². The zero-order chi connectivity index (χ0) is 14.8. The Balaban J connectivity index is 1.78. The van der Waals surface area contributed by atoms with Gasteiger partial charge in [0.2, 0.25) is 5.91 Å². The number of rotatable bonds is 2. The number of anilines is 1. The number of nitrogens with zero attached hydrogens (tertiary/aromatic N) is 1. The van der Waals surface area contributed by atoms with E-state index < -0.39 is 0 Å². The Hall–Kier alpha value is -2.60. The van der Waals surface area contributed by atoms with Crippen molar-refractivity contribution in [1.82, 2.24) is 0 Å². The summed E-state index contributed by atoms with van der Waals surface area (Å²) >= 11 is 0. The standard InChI is InChI=1S/C18H16N2O/c1-12-5-4-8-17(16(12)11-19)20-18(21)15-9-13-6-2-3-7-14(13)10-15/h2-8,15H,9-10H2,1H3,(H,20,21). The zero-order valence-corrected chi connectivity index (χ0v) is 11.9. The number of carbonyl (C=O) groups excluding carboxylic acids is 1. The van der Waals surface area contributed by atoms with E-state index in [-0.39, 0.29) is 11.8 Å². The van der Waals surface area contributed by atoms with E-state index in [1.54, 1.807) is 6.07 Å². The monoisotopic (exact) mass is 276 g/mol. The molecule has 0 aromatic heterocycles. The van der Waals surface area contributed by atoms with E-state index in [9.17, 15) is 10.1 Å². The van der Waals surface area contributed by atoms with Gasteiger partial charge in [-0.15, -0.1) is 0 Å². The predicted molar refractivity (Wildman–Crippen MR) is 81.9 cm³/mol. The molecule has 1 amide bonds. The molecule has 21 heavy (non-hydrogen) atoms. The van der Waals surface area contributed by atoms with Crippen LogP contribution in [0.25, 0.3) is 0 Å². The normalized spacial score (nSPS) is 13.5. The minimum absolute atomic E-state index is 0.00620. The van der Waals surface area contributed by atoms with E-state index in [2.05, 4.69) is 23.5 Å². The summed E-state index contributed by atoms with van der Waals surface area (Å²) in [5.74, 6) is -0.0530. The maximum atomic E-state index is 12.4. The number of hydrogen-bond acceptors (Lipinski definition) is 2. The predicted octanol–water partition coefficient (Wildman–Crippen LogP) is 3.22. The van der Waals surface area contributed by atoms with Crippen LogP contribution < -0.4 is 5.32 Å². The molecule has 0 radical (unpaired) electrons. The number of fused-ring (bicyclic) bond motifs is 1. The topological polar surface area (TPSA) is 52.9 Å². The molecule has 1 N–H and O–H groups in total. The van der Waals surface area contributed by atoms with Crippen LogP contribution in [0.2, 0.25) is 0 Å². The largest absolute Gasteiger partial charge is 0.325 e. The molecule has 0 atom stereocenters. The van der Waals surface area contributed by atoms with E-state index >= 15 is 0 Å². The molecule has 0 bridgehead atoms. The lowest BCUT2D eigenvalue weighted by molar-refractivity contribution is -0.119. The molecule has 2 aromatic carbocycles. The summed E-state index contributed by atoms with van der Waals surface area (Å²) in [6.45, 7) is 1.87. The Morgan fingerprint density at radius 1 is 1.14 bits per heavy atom. The number of nitrogens with one attached hydrogen (secondary N) is 1. The Kier molecular flexibility index (Phi) is 3.45. The average Bonchev–Trinajstić information content (AvgIpc) is 2.91. The van der Waals surface area contributed by atoms with Gasteiger partial charge in [-0.25, -0.2) is 0 Å². The molecular weight excluding hydrogens is 260 g/mol. The number of aryl methyl sites for hydroxylation is 1. The highest BCUT2D eigenvalue weighted by molar-refractivity contribution is 5.94. The van der Waals surface area contributed by atoms with Gasteiger partial charge in [0.25, 0.3) is 0 Å². The molecule has 2 aromatic rings. The van der Waals surface area contributed by atoms with E-state index in [0.717, 1.165) is 18.4 Å². The fourth-order valence-electron chi connectivity index (χ4n) is 2.90. The Labute approximate surface area is 124 Å². The first-order valence-corrected chi connectivity index (χ1v) is 7.06. The van der Waals surface area contributed by atoms with Gasteiger partial charge in [0, 0.05) is 5.92 Å². The molecule has 0 unspecified atom stereocenters. The van der Waals surface area contributed by atoms with Crippen LogP contribution in [0.15, 0.2) is 42.5 Å². The van der Waals surface area contributed by atoms with Gasteiger partial charge in [-0.1, -0.05) is 36.4 Å². The molecule has 3 rings (SSSR count). The third-order valence-corrected chi connectivity index (χ3v) is 4.06. The fraction of sp³-hybridized carbons (Fsp3) is 0.222. The fourth-order valence-corrected chi connectivity index (χ4v) is 2.90. The third-order valence-electron chi connectivity index (χ3n) is 4.06. The maximum absolute atomic E-state index is 12.4. The van der Waals surface area contributed by atoms with Crippen LogP contribution in [0.5, 0.6) is 0 Å². The SMILES string of the molecule is Cc1cccc(NC(=O)C2Cc3ccccc3C2)c1C#N. The summed E-state index contributed by atoms with van der Waals surface area (Å²) in [4.78, 5) is 12.4. The highest BCUT2D eigenvalue weighted by atomic mass is 16.1. The van der Waals surface area contributed by atoms with E-state index in [1.165, 1.54) is 11.1 Å². The van der Waals surface area contributed by atoms with E-state index in [1.807, 2.05) is 31.2 Å². The Bertz CT molecular complexity index is 718. The highest BCUT2D eigenvalue weighted by Gasteiger charge is 2.27. The van der Waals surface area contributed by atoms with Crippen molar-refractivity contribution in [1.29, 1.82) is 5.26 Å². The van der Waals surface area contributed by atoms with Gasteiger partial charge in [-0.3, -0.25) is 4.79 Å². The summed E-state index contributed by atoms with van der Waals surface area (Å²) in [6, 6.07) is 15.8. The average molecular weight is 276 g/mol. The molecule has 104 valence electrons. The van der Waals surface area contributed by atoms with Crippen molar-refractivity contribution in [2.75, 3.05) is 5.32 Å². The zero-order valence-electron chi connectivity index (χ0n) is 11.9. The molecule has 0 saturated heterocycles. The molecule has 1 aliphatic rings. The molecule has 1 aliphatic carbocycles. The van der Waals surface area contributed by atoms with Gasteiger partial charge in [-0.05, 0) is 42.5 Å². The minimum Gasteiger partial charge on any atom is -0.325 e. The van der Waals surface area contributed by atoms with Crippen molar-refractivity contribution >= 4 is 11.6 Å². The minimum atomic E-state index is -0.0468. The van der Waals surface area contributed by atoms with Gasteiger partial charge in [0.15, 0.2) is 0 Å². The van der Waals surface area contributed by atoms with Crippen molar-refractivity contribution in [3.8, 4) is 6.07 Å². The summed E-state index contributed by atoms with van der Waals surface area (Å²) < 4.78 is 0. The van der Waals surface area contributed by atoms with Crippen LogP contribution >= 0.6 is 0 Å². The van der Waals surface area contributed by atoms with Crippen molar-refractivity contribution in [3.63, 3.8) is 0 Å². The summed E-state index contributed by atoms with van der Waals surface area (Å²) in [7, 11) is 0. The van der Waals surface area contributed by atoms with Crippen molar-refractivity contribution in [2.24, 2.45) is 5.92 Å². The molecule has 0 aliphatic heterocycles. The number of amides is 1. The van der Waals surface area contributed by atoms with E-state index in [4.69, 9.17) is 0 Å². The van der Waals surface area contributed by atoms with Crippen molar-refractivity contribution in [2.45, 2.75) is 19.8 Å². The first kappa shape index (κ1) is 13.4. The Morgan fingerprint density at radius 2 is 1.81 bits per heavy atom. The molecule has 0 heterocycles. The Morgan fingerprint density at radius 3 is 2.43 bits per heavy atom. The van der Waals surface area contributed by atoms with Crippen molar-refractivity contribution < 1.29 is 4.79 Å². The number of benzene rings is 2. The van der Waals surface area contributed by atoms with Crippen LogP contribution in [0.4, 0.5) is 5.69 Å². The lowest BCUT2D eigenvalue weighted by atomic mass is 10.0. The van der Waals surface area contributed by atoms with Crippen LogP contribution in [0.3, 0.4) is 0 Å². The number of hydrogen-bond donors (Lipinski definition) is 1. The molecule has 3 heteroatoms. The van der Waals surface area contributed by atoms with E-state index in [0.29, 0.717) is 11.3 Å². The number of nitriles is 1. The maximum Gasteiger partial charge on any atom is 0.228 e. The first-order chi connectivity index (χ1) is 10.2. The van der Waals surface area contributed by atoms with Gasteiger partial charge >= 0.3 is 0 Å². The van der Waals surface area contributed by atoms with Crippen LogP contribution in [0.1, 0.15) is 22.3 Å². The van der Waals surface area contributed by atoms with Gasteiger partial charge in [0.05, 0.1) is 11.3 Å². The number of carbonyl (C=O) groups is 1. The second kappa shape index (κ2) is 5.41. The third kappa shape index (κ3) is 2.53. The van der Waals surface area contributed by atoms with Crippen molar-refractivity contribution in [3.05, 3.63) is 64.7 Å². The lowest BCUT2D eigenvalue weighted by Crippen LogP contribution is -2.23. The molecule has 3 nitrogen and oxygen atoms in total. The van der Waals surface area contributed by atoms with Crippen LogP contribution in [-0.4, -0.2) is 5.91 Å². The highest BCUT2D eigenvalue weighted by Crippen LogP contribution is 2.28. The van der Waals surface area contributed by atoms with Gasteiger partial charge < -0.3 is 5.32 Å². The first-order valence-electron chi connectivity index (χ1n) is 7.06. The second-order valence-corrected chi connectivity index (χ2v) is 5.47. The molecular formula is C18H16N2O. The summed E-state index contributed by atoms with van der Waals surface area (Å²) in [6.07, 6.45) is 1.55. The summed E-state index contributed by atoms with van der Waals surface area (Å²) in [5, 5.41) is 12.1. The second-order valence-electron chi connectivity index (χ2n) is 5.47. The molecule has 0 spiro atoms.